The van der Waals surface area contributed by atoms with Gasteiger partial charge in [-0.2, -0.15) is 0 Å². The van der Waals surface area contributed by atoms with Gasteiger partial charge in [0, 0.05) is 42.9 Å². The number of fused-ring (bicyclic) bond motifs is 1. The molecule has 1 fully saturated rings. The van der Waals surface area contributed by atoms with E-state index >= 15 is 0 Å². The van der Waals surface area contributed by atoms with Crippen molar-refractivity contribution < 1.29 is 28.2 Å². The van der Waals surface area contributed by atoms with E-state index in [1.165, 1.54) is 37.2 Å². The van der Waals surface area contributed by atoms with Crippen molar-refractivity contribution >= 4 is 34.4 Å². The van der Waals surface area contributed by atoms with Gasteiger partial charge in [0.25, 0.3) is 0 Å². The molecule has 0 radical (unpaired) electrons. The summed E-state index contributed by atoms with van der Waals surface area (Å²) in [4.78, 5) is 35.3. The van der Waals surface area contributed by atoms with Gasteiger partial charge in [0.2, 0.25) is 0 Å². The van der Waals surface area contributed by atoms with Crippen molar-refractivity contribution in [2.24, 2.45) is 11.8 Å². The molecule has 3 aromatic rings. The molecule has 1 N–H and O–H groups in total. The minimum Gasteiger partial charge on any atom is -0.497 e. The first kappa shape index (κ1) is 26.0. The molecule has 2 unspecified atom stereocenters. The lowest BCUT2D eigenvalue weighted by molar-refractivity contribution is -0.146. The van der Waals surface area contributed by atoms with Crippen LogP contribution in [0, 0.1) is 23.5 Å². The number of pyridine rings is 2. The predicted molar refractivity (Wildman–Crippen MR) is 132 cm³/mol. The van der Waals surface area contributed by atoms with Gasteiger partial charge < -0.3 is 14.7 Å². The minimum absolute atomic E-state index is 0.0359. The number of hydrogen-bond acceptors (Lipinski definition) is 7. The van der Waals surface area contributed by atoms with E-state index < -0.39 is 17.7 Å². The number of halogens is 2. The monoisotopic (exact) mass is 515 g/mol. The normalized spacial score (nSPS) is 18.3. The topological polar surface area (TPSA) is 92.6 Å². The summed E-state index contributed by atoms with van der Waals surface area (Å²) in [7, 11) is 1.49. The van der Waals surface area contributed by atoms with Crippen LogP contribution in [-0.2, 0) is 4.79 Å². The molecule has 7 nitrogen and oxygen atoms in total. The number of hydrogen-bond donors (Lipinski definition) is 1. The van der Waals surface area contributed by atoms with E-state index in [4.69, 9.17) is 4.74 Å². The average Bonchev–Trinajstić information content (AvgIpc) is 2.87. The number of carbonyl (C=O) groups excluding carboxylic acids is 1. The fraction of sp³-hybridized carbons (Fsp3) is 0.385. The summed E-state index contributed by atoms with van der Waals surface area (Å²) < 4.78 is 33.2. The van der Waals surface area contributed by atoms with Crippen LogP contribution < -0.4 is 4.74 Å². The molecule has 1 saturated heterocycles. The molecule has 0 spiro atoms. The molecule has 2 aromatic heterocycles. The maximum Gasteiger partial charge on any atom is 0.308 e. The Bertz CT molecular complexity index is 1260. The predicted octanol–water partition coefficient (Wildman–Crippen LogP) is 4.69. The van der Waals surface area contributed by atoms with Gasteiger partial charge in [-0.3, -0.25) is 14.6 Å². The second-order valence-electron chi connectivity index (χ2n) is 8.78. The van der Waals surface area contributed by atoms with E-state index in [0.29, 0.717) is 59.9 Å². The van der Waals surface area contributed by atoms with Crippen LogP contribution in [0.2, 0.25) is 0 Å². The highest BCUT2D eigenvalue weighted by atomic mass is 32.2. The van der Waals surface area contributed by atoms with E-state index in [1.807, 2.05) is 0 Å². The zero-order chi connectivity index (χ0) is 25.7. The zero-order valence-electron chi connectivity index (χ0n) is 19.8. The number of Topliss-reactive ketones (excluding diaryl/α,β-unsaturated/α-hetero) is 1. The first-order valence-corrected chi connectivity index (χ1v) is 12.7. The molecule has 3 heterocycles. The van der Waals surface area contributed by atoms with Gasteiger partial charge in [-0.05, 0) is 49.6 Å². The maximum atomic E-state index is 14.6. The molecule has 0 saturated carbocycles. The summed E-state index contributed by atoms with van der Waals surface area (Å²) in [6.45, 7) is 1.72. The number of likely N-dealkylation sites (tertiary alicyclic amines) is 1. The van der Waals surface area contributed by atoms with Gasteiger partial charge in [-0.25, -0.2) is 13.8 Å². The van der Waals surface area contributed by atoms with Gasteiger partial charge in [-0.15, -0.1) is 11.8 Å². The van der Waals surface area contributed by atoms with Crippen molar-refractivity contribution in [3.05, 3.63) is 59.9 Å². The number of ketones is 1. The standard InChI is InChI=1S/C26H27F2N3O4S/c1-35-18-3-4-22-19(13-18)25(21(28)14-30-22)23(32)5-2-16-7-9-31(15-20(16)26(33)34)10-11-36-24-12-17(27)6-8-29-24/h3-4,6,8,12-14,16,20H,2,5,7,9-11,15H2,1H3,(H,33,34). The number of rotatable bonds is 10. The molecule has 0 amide bonds. The number of carbonyl (C=O) groups is 2. The molecule has 2 atom stereocenters. The molecule has 1 aromatic carbocycles. The lowest BCUT2D eigenvalue weighted by Crippen LogP contribution is -2.44. The number of aromatic nitrogens is 2. The molecule has 1 aliphatic rings. The average molecular weight is 516 g/mol. The first-order chi connectivity index (χ1) is 17.4. The van der Waals surface area contributed by atoms with Crippen LogP contribution in [0.4, 0.5) is 8.78 Å². The second-order valence-corrected chi connectivity index (χ2v) is 9.90. The van der Waals surface area contributed by atoms with Crippen LogP contribution in [0.15, 0.2) is 47.8 Å². The Morgan fingerprint density at radius 1 is 1.22 bits per heavy atom. The number of aliphatic carboxylic acids is 1. The lowest BCUT2D eigenvalue weighted by Gasteiger charge is -2.36. The Hall–Kier alpha value is -3.11. The van der Waals surface area contributed by atoms with Crippen molar-refractivity contribution in [1.29, 1.82) is 0 Å². The van der Waals surface area contributed by atoms with Crippen LogP contribution in [0.5, 0.6) is 5.75 Å². The third kappa shape index (κ3) is 6.17. The summed E-state index contributed by atoms with van der Waals surface area (Å²) in [5.74, 6) is -1.98. The summed E-state index contributed by atoms with van der Waals surface area (Å²) >= 11 is 1.42. The Labute approximate surface area is 211 Å². The third-order valence-corrected chi connectivity index (χ3v) is 7.47. The van der Waals surface area contributed by atoms with E-state index in [0.717, 1.165) is 6.20 Å². The van der Waals surface area contributed by atoms with Crippen LogP contribution in [-0.4, -0.2) is 64.2 Å². The highest BCUT2D eigenvalue weighted by molar-refractivity contribution is 7.99. The fourth-order valence-electron chi connectivity index (χ4n) is 4.64. The molecule has 0 aliphatic carbocycles. The molecule has 10 heteroatoms. The molecule has 36 heavy (non-hydrogen) atoms. The Kier molecular flexibility index (Phi) is 8.48. The number of methoxy groups -OCH3 is 1. The van der Waals surface area contributed by atoms with Crippen LogP contribution in [0.3, 0.4) is 0 Å². The minimum atomic E-state index is -0.901. The highest BCUT2D eigenvalue weighted by Gasteiger charge is 2.34. The SMILES string of the molecule is COc1ccc2ncc(F)c(C(=O)CCC3CCN(CCSc4cc(F)ccn4)CC3C(=O)O)c2c1. The van der Waals surface area contributed by atoms with E-state index in [9.17, 15) is 23.5 Å². The highest BCUT2D eigenvalue weighted by Crippen LogP contribution is 2.31. The number of piperidine rings is 1. The van der Waals surface area contributed by atoms with Crippen molar-refractivity contribution in [2.45, 2.75) is 24.3 Å². The summed E-state index contributed by atoms with van der Waals surface area (Å²) in [6, 6.07) is 7.62. The van der Waals surface area contributed by atoms with Gasteiger partial charge in [0.05, 0.1) is 35.3 Å². The number of carboxylic acid groups (broad SMARTS) is 1. The molecule has 190 valence electrons. The largest absolute Gasteiger partial charge is 0.497 e. The Balaban J connectivity index is 1.36. The molecular weight excluding hydrogens is 488 g/mol. The van der Waals surface area contributed by atoms with Gasteiger partial charge >= 0.3 is 5.97 Å². The fourth-order valence-corrected chi connectivity index (χ4v) is 5.53. The number of benzene rings is 1. The van der Waals surface area contributed by atoms with Crippen LogP contribution in [0.25, 0.3) is 10.9 Å². The van der Waals surface area contributed by atoms with Crippen molar-refractivity contribution in [1.82, 2.24) is 14.9 Å². The van der Waals surface area contributed by atoms with E-state index in [1.54, 1.807) is 18.2 Å². The number of ether oxygens (including phenoxy) is 1. The first-order valence-electron chi connectivity index (χ1n) is 11.7. The van der Waals surface area contributed by atoms with Crippen molar-refractivity contribution in [3.63, 3.8) is 0 Å². The Morgan fingerprint density at radius 3 is 2.81 bits per heavy atom. The summed E-state index contributed by atoms with van der Waals surface area (Å²) in [5, 5.41) is 10.8. The summed E-state index contributed by atoms with van der Waals surface area (Å²) in [5.41, 5.74) is 0.453. The van der Waals surface area contributed by atoms with E-state index in [-0.39, 0.29) is 29.5 Å². The quantitative estimate of drug-likeness (QED) is 0.307. The van der Waals surface area contributed by atoms with Gasteiger partial charge in [0.1, 0.15) is 11.6 Å². The summed E-state index contributed by atoms with van der Waals surface area (Å²) in [6.07, 6.45) is 3.49. The second kappa shape index (κ2) is 11.7. The molecular formula is C26H27F2N3O4S. The number of carboxylic acids is 1. The Morgan fingerprint density at radius 2 is 2.06 bits per heavy atom. The van der Waals surface area contributed by atoms with Crippen LogP contribution in [0.1, 0.15) is 29.6 Å². The van der Waals surface area contributed by atoms with E-state index in [2.05, 4.69) is 14.9 Å². The number of nitrogens with zero attached hydrogens (tertiary/aromatic N) is 3. The lowest BCUT2D eigenvalue weighted by atomic mass is 9.81. The third-order valence-electron chi connectivity index (χ3n) is 6.56. The molecule has 0 bridgehead atoms. The van der Waals surface area contributed by atoms with Gasteiger partial charge in [-0.1, -0.05) is 0 Å². The van der Waals surface area contributed by atoms with Crippen molar-refractivity contribution in [2.75, 3.05) is 32.5 Å². The molecule has 1 aliphatic heterocycles. The van der Waals surface area contributed by atoms with Gasteiger partial charge in [0.15, 0.2) is 11.6 Å². The smallest absolute Gasteiger partial charge is 0.308 e. The number of thioether (sulfide) groups is 1. The van der Waals surface area contributed by atoms with Crippen LogP contribution >= 0.6 is 11.8 Å². The maximum absolute atomic E-state index is 14.6. The van der Waals surface area contributed by atoms with Crippen molar-refractivity contribution in [3.8, 4) is 5.75 Å². The molecule has 4 rings (SSSR count). The zero-order valence-corrected chi connectivity index (χ0v) is 20.6.